The van der Waals surface area contributed by atoms with Crippen molar-refractivity contribution in [1.29, 1.82) is 0 Å². The summed E-state index contributed by atoms with van der Waals surface area (Å²) >= 11 is 0. The summed E-state index contributed by atoms with van der Waals surface area (Å²) in [7, 11) is 0. The summed E-state index contributed by atoms with van der Waals surface area (Å²) < 4.78 is 0. The molecule has 24 heavy (non-hydrogen) atoms. The lowest BCUT2D eigenvalue weighted by atomic mass is 10.0. The number of hydrogen-bond acceptors (Lipinski definition) is 4. The van der Waals surface area contributed by atoms with Crippen LogP contribution in [0.5, 0.6) is 0 Å². The zero-order chi connectivity index (χ0) is 18.2. The Morgan fingerprint density at radius 3 is 1.62 bits per heavy atom. The third-order valence-corrected chi connectivity index (χ3v) is 4.29. The minimum atomic E-state index is -0.991. The molecule has 0 aliphatic rings. The molecule has 1 unspecified atom stereocenters. The highest BCUT2D eigenvalue weighted by Crippen LogP contribution is 2.12. The van der Waals surface area contributed by atoms with Gasteiger partial charge in [0, 0.05) is 0 Å². The number of rotatable bonds is 17. The van der Waals surface area contributed by atoms with Crippen LogP contribution in [0, 0.1) is 0 Å². The van der Waals surface area contributed by atoms with E-state index < -0.39 is 24.0 Å². The van der Waals surface area contributed by atoms with Crippen LogP contribution in [0.4, 0.5) is 0 Å². The molecule has 142 valence electrons. The van der Waals surface area contributed by atoms with Crippen LogP contribution in [0.3, 0.4) is 0 Å². The molecule has 0 saturated carbocycles. The molecule has 0 saturated heterocycles. The number of nitrogens with one attached hydrogen (secondary N) is 1. The van der Waals surface area contributed by atoms with Crippen molar-refractivity contribution in [3.8, 4) is 0 Å². The fourth-order valence-electron chi connectivity index (χ4n) is 2.77. The van der Waals surface area contributed by atoms with Crippen LogP contribution < -0.4 is 11.1 Å². The average molecular weight is 344 g/mol. The van der Waals surface area contributed by atoms with Crippen molar-refractivity contribution >= 4 is 11.9 Å². The van der Waals surface area contributed by atoms with Crippen LogP contribution in [-0.2, 0) is 9.59 Å². The lowest BCUT2D eigenvalue weighted by Crippen LogP contribution is -2.47. The molecule has 0 aromatic heterocycles. The molecule has 0 bridgehead atoms. The number of carboxylic acids is 2. The van der Waals surface area contributed by atoms with Gasteiger partial charge in [0.2, 0.25) is 0 Å². The zero-order valence-electron chi connectivity index (χ0n) is 15.1. The van der Waals surface area contributed by atoms with E-state index in [0.29, 0.717) is 25.8 Å². The molecule has 6 heteroatoms. The maximum Gasteiger partial charge on any atom is 0.320 e. The first-order chi connectivity index (χ1) is 11.5. The van der Waals surface area contributed by atoms with E-state index in [-0.39, 0.29) is 0 Å². The third kappa shape index (κ3) is 12.3. The van der Waals surface area contributed by atoms with Gasteiger partial charge in [0.15, 0.2) is 0 Å². The summed E-state index contributed by atoms with van der Waals surface area (Å²) in [5, 5.41) is 21.3. The lowest BCUT2D eigenvalue weighted by Gasteiger charge is -2.20. The number of nitrogens with two attached hydrogens (primary N) is 1. The van der Waals surface area contributed by atoms with Crippen molar-refractivity contribution in [1.82, 2.24) is 5.32 Å². The van der Waals surface area contributed by atoms with Crippen LogP contribution in [0.25, 0.3) is 0 Å². The Labute approximate surface area is 146 Å². The van der Waals surface area contributed by atoms with Crippen LogP contribution in [0.15, 0.2) is 0 Å². The van der Waals surface area contributed by atoms with Gasteiger partial charge in [-0.15, -0.1) is 0 Å². The van der Waals surface area contributed by atoms with E-state index in [0.717, 1.165) is 25.7 Å². The highest BCUT2D eigenvalue weighted by molar-refractivity contribution is 5.77. The van der Waals surface area contributed by atoms with Gasteiger partial charge in [0.1, 0.15) is 12.1 Å². The van der Waals surface area contributed by atoms with Crippen LogP contribution in [-0.4, -0.2) is 40.8 Å². The first kappa shape index (κ1) is 22.9. The predicted molar refractivity (Wildman–Crippen MR) is 96.1 cm³/mol. The van der Waals surface area contributed by atoms with Gasteiger partial charge in [-0.25, -0.2) is 0 Å². The molecule has 0 aromatic rings. The molecule has 0 rings (SSSR count). The summed E-state index contributed by atoms with van der Waals surface area (Å²) in [6.07, 6.45) is 11.5. The number of carboxylic acid groups (broad SMARTS) is 2. The van der Waals surface area contributed by atoms with Crippen molar-refractivity contribution in [2.45, 2.75) is 96.1 Å². The molecule has 0 aliphatic carbocycles. The largest absolute Gasteiger partial charge is 0.480 e. The maximum atomic E-state index is 11.4. The fourth-order valence-corrected chi connectivity index (χ4v) is 2.77. The van der Waals surface area contributed by atoms with E-state index in [1.54, 1.807) is 0 Å². The predicted octanol–water partition coefficient (Wildman–Crippen LogP) is 3.14. The number of aliphatic carboxylic acids is 2. The average Bonchev–Trinajstić information content (AvgIpc) is 2.54. The number of hydrogen-bond donors (Lipinski definition) is 4. The van der Waals surface area contributed by atoms with Gasteiger partial charge in [-0.3, -0.25) is 14.9 Å². The first-order valence-electron chi connectivity index (χ1n) is 9.44. The second-order valence-electron chi connectivity index (χ2n) is 6.50. The highest BCUT2D eigenvalue weighted by atomic mass is 16.4. The molecule has 0 aromatic carbocycles. The minimum Gasteiger partial charge on any atom is -0.480 e. The van der Waals surface area contributed by atoms with Crippen LogP contribution in [0.1, 0.15) is 84.0 Å². The maximum absolute atomic E-state index is 11.4. The lowest BCUT2D eigenvalue weighted by molar-refractivity contribution is -0.142. The van der Waals surface area contributed by atoms with Crippen molar-refractivity contribution in [2.24, 2.45) is 5.73 Å². The van der Waals surface area contributed by atoms with Crippen molar-refractivity contribution in [2.75, 3.05) is 6.54 Å². The minimum absolute atomic E-state index is 0.410. The Balaban J connectivity index is 4.05. The van der Waals surface area contributed by atoms with E-state index in [2.05, 4.69) is 12.2 Å². The summed E-state index contributed by atoms with van der Waals surface area (Å²) in [4.78, 5) is 22.6. The SMILES string of the molecule is CCCCCCCCCCC(N[C@@H](CCCCN)C(=O)O)C(=O)O. The molecule has 0 aliphatic heterocycles. The number of carbonyl (C=O) groups is 2. The monoisotopic (exact) mass is 344 g/mol. The summed E-state index contributed by atoms with van der Waals surface area (Å²) in [6.45, 7) is 2.71. The topological polar surface area (TPSA) is 113 Å². The van der Waals surface area contributed by atoms with Crippen molar-refractivity contribution < 1.29 is 19.8 Å². The Hall–Kier alpha value is -1.14. The van der Waals surface area contributed by atoms with E-state index >= 15 is 0 Å². The van der Waals surface area contributed by atoms with Gasteiger partial charge >= 0.3 is 11.9 Å². The van der Waals surface area contributed by atoms with Crippen molar-refractivity contribution in [3.05, 3.63) is 0 Å². The van der Waals surface area contributed by atoms with E-state index in [1.807, 2.05) is 0 Å². The Morgan fingerprint density at radius 1 is 0.792 bits per heavy atom. The van der Waals surface area contributed by atoms with Gasteiger partial charge in [0.05, 0.1) is 0 Å². The van der Waals surface area contributed by atoms with Gasteiger partial charge in [0.25, 0.3) is 0 Å². The summed E-state index contributed by atoms with van der Waals surface area (Å²) in [6, 6.07) is -1.60. The molecule has 6 nitrogen and oxygen atoms in total. The molecule has 0 spiro atoms. The molecular weight excluding hydrogens is 308 g/mol. The standard InChI is InChI=1S/C18H36N2O4/c1-2-3-4-5-6-7-8-9-12-15(17(21)22)20-16(18(23)24)13-10-11-14-19/h15-16,20H,2-14,19H2,1H3,(H,21,22)(H,23,24)/t15?,16-/m0/s1. The molecule has 0 amide bonds. The molecular formula is C18H36N2O4. The van der Waals surface area contributed by atoms with Crippen LogP contribution >= 0.6 is 0 Å². The van der Waals surface area contributed by atoms with Gasteiger partial charge < -0.3 is 15.9 Å². The Bertz CT molecular complexity index is 337. The number of unbranched alkanes of at least 4 members (excludes halogenated alkanes) is 8. The van der Waals surface area contributed by atoms with Gasteiger partial charge in [-0.2, -0.15) is 0 Å². The summed E-state index contributed by atoms with van der Waals surface area (Å²) in [5.41, 5.74) is 5.41. The van der Waals surface area contributed by atoms with E-state index in [4.69, 9.17) is 5.73 Å². The first-order valence-corrected chi connectivity index (χ1v) is 9.44. The third-order valence-electron chi connectivity index (χ3n) is 4.29. The molecule has 0 fully saturated rings. The molecule has 2 atom stereocenters. The van der Waals surface area contributed by atoms with E-state index in [1.165, 1.54) is 32.1 Å². The quantitative estimate of drug-likeness (QED) is 0.302. The van der Waals surface area contributed by atoms with Crippen molar-refractivity contribution in [3.63, 3.8) is 0 Å². The van der Waals surface area contributed by atoms with E-state index in [9.17, 15) is 19.8 Å². The van der Waals surface area contributed by atoms with Gasteiger partial charge in [-0.1, -0.05) is 64.7 Å². The molecule has 5 N–H and O–H groups in total. The molecule has 0 heterocycles. The smallest absolute Gasteiger partial charge is 0.320 e. The second kappa shape index (κ2) is 15.4. The normalized spacial score (nSPS) is 13.6. The summed E-state index contributed by atoms with van der Waals surface area (Å²) in [5.74, 6) is -1.96. The Morgan fingerprint density at radius 2 is 1.21 bits per heavy atom. The highest BCUT2D eigenvalue weighted by Gasteiger charge is 2.25. The zero-order valence-corrected chi connectivity index (χ0v) is 15.1. The Kier molecular flexibility index (Phi) is 14.7. The van der Waals surface area contributed by atoms with Gasteiger partial charge in [-0.05, 0) is 25.8 Å². The second-order valence-corrected chi connectivity index (χ2v) is 6.50. The van der Waals surface area contributed by atoms with Crippen LogP contribution in [0.2, 0.25) is 0 Å². The molecule has 0 radical (unpaired) electrons. The fraction of sp³-hybridized carbons (Fsp3) is 0.889.